The predicted molar refractivity (Wildman–Crippen MR) is 57.1 cm³/mol. The molecule has 0 radical (unpaired) electrons. The summed E-state index contributed by atoms with van der Waals surface area (Å²) in [6.45, 7) is 5.84. The topological polar surface area (TPSA) is 18.5 Å². The maximum Gasteiger partial charge on any atom is 0.0210 e. The molecule has 1 rings (SSSR count). The average molecular weight is 185 g/mol. The number of hydrogen-bond acceptors (Lipinski definition) is 3. The van der Waals surface area contributed by atoms with E-state index in [1.807, 2.05) is 0 Å². The van der Waals surface area contributed by atoms with Gasteiger partial charge in [-0.2, -0.15) is 0 Å². The molecule has 2 atom stereocenters. The van der Waals surface area contributed by atoms with Gasteiger partial charge in [-0.25, -0.2) is 0 Å². The summed E-state index contributed by atoms with van der Waals surface area (Å²) < 4.78 is 0. The minimum atomic E-state index is 0.603. The highest BCUT2D eigenvalue weighted by Gasteiger charge is 2.20. The summed E-state index contributed by atoms with van der Waals surface area (Å²) in [6, 6.07) is 1.31. The van der Waals surface area contributed by atoms with Gasteiger partial charge in [0.05, 0.1) is 0 Å². The molecule has 0 spiro atoms. The van der Waals surface area contributed by atoms with Crippen LogP contribution in [0.5, 0.6) is 0 Å². The van der Waals surface area contributed by atoms with Crippen molar-refractivity contribution >= 4 is 0 Å². The third-order valence-electron chi connectivity index (χ3n) is 2.55. The summed E-state index contributed by atoms with van der Waals surface area (Å²) >= 11 is 0. The molecule has 13 heavy (non-hydrogen) atoms. The van der Waals surface area contributed by atoms with Crippen molar-refractivity contribution in [1.82, 2.24) is 15.1 Å². The predicted octanol–water partition coefficient (Wildman–Crippen LogP) is 0.230. The molecule has 0 aromatic heterocycles. The van der Waals surface area contributed by atoms with Gasteiger partial charge in [-0.05, 0) is 41.0 Å². The summed E-state index contributed by atoms with van der Waals surface area (Å²) in [5.74, 6) is 0. The van der Waals surface area contributed by atoms with Crippen LogP contribution in [-0.4, -0.2) is 62.7 Å². The maximum absolute atomic E-state index is 3.66. The fourth-order valence-corrected chi connectivity index (χ4v) is 2.07. The van der Waals surface area contributed by atoms with Crippen LogP contribution in [0.4, 0.5) is 0 Å². The van der Waals surface area contributed by atoms with Crippen LogP contribution < -0.4 is 5.32 Å². The van der Waals surface area contributed by atoms with Crippen LogP contribution in [0.3, 0.4) is 0 Å². The van der Waals surface area contributed by atoms with Crippen molar-refractivity contribution in [2.45, 2.75) is 25.4 Å². The van der Waals surface area contributed by atoms with E-state index < -0.39 is 0 Å². The van der Waals surface area contributed by atoms with Gasteiger partial charge in [0.25, 0.3) is 0 Å². The quantitative estimate of drug-likeness (QED) is 0.676. The number of hydrogen-bond donors (Lipinski definition) is 1. The van der Waals surface area contributed by atoms with Crippen LogP contribution in [0, 0.1) is 0 Å². The highest BCUT2D eigenvalue weighted by molar-refractivity contribution is 4.81. The lowest BCUT2D eigenvalue weighted by Gasteiger charge is -2.22. The Kier molecular flexibility index (Phi) is 4.16. The van der Waals surface area contributed by atoms with Crippen molar-refractivity contribution in [3.63, 3.8) is 0 Å². The molecule has 0 bridgehead atoms. The number of nitrogens with one attached hydrogen (secondary N) is 1. The Bertz CT molecular complexity index is 147. The van der Waals surface area contributed by atoms with Crippen molar-refractivity contribution in [3.05, 3.63) is 0 Å². The van der Waals surface area contributed by atoms with Crippen LogP contribution in [-0.2, 0) is 0 Å². The number of rotatable bonds is 4. The largest absolute Gasteiger partial charge is 0.309 e. The number of nitrogens with zero attached hydrogens (tertiary/aromatic N) is 2. The second-order valence-corrected chi connectivity index (χ2v) is 4.58. The monoisotopic (exact) mass is 185 g/mol. The number of likely N-dealkylation sites (tertiary alicyclic amines) is 1. The number of likely N-dealkylation sites (N-methyl/N-ethyl adjacent to an activating group) is 2. The smallest absolute Gasteiger partial charge is 0.0210 e. The molecular formula is C10H23N3. The maximum atomic E-state index is 3.66. The van der Waals surface area contributed by atoms with Gasteiger partial charge in [-0.15, -0.1) is 0 Å². The normalized spacial score (nSPS) is 27.0. The second kappa shape index (κ2) is 4.94. The van der Waals surface area contributed by atoms with E-state index in [1.54, 1.807) is 0 Å². The summed E-state index contributed by atoms with van der Waals surface area (Å²) in [4.78, 5) is 4.62. The van der Waals surface area contributed by atoms with Gasteiger partial charge in [-0.1, -0.05) is 0 Å². The van der Waals surface area contributed by atoms with Crippen molar-refractivity contribution in [2.75, 3.05) is 40.8 Å². The molecule has 2 unspecified atom stereocenters. The Balaban J connectivity index is 2.16. The third kappa shape index (κ3) is 4.07. The molecule has 1 fully saturated rings. The zero-order valence-corrected chi connectivity index (χ0v) is 9.38. The molecular weight excluding hydrogens is 162 g/mol. The van der Waals surface area contributed by atoms with Crippen LogP contribution >= 0.6 is 0 Å². The Morgan fingerprint density at radius 3 is 2.69 bits per heavy atom. The molecule has 0 aromatic carbocycles. The SMILES string of the molecule is CC(CN(C)C)NC1CCN(C)C1. The van der Waals surface area contributed by atoms with Crippen LogP contribution in [0.25, 0.3) is 0 Å². The fourth-order valence-electron chi connectivity index (χ4n) is 2.07. The van der Waals surface area contributed by atoms with E-state index in [4.69, 9.17) is 0 Å². The molecule has 1 N–H and O–H groups in total. The molecule has 1 heterocycles. The summed E-state index contributed by atoms with van der Waals surface area (Å²) in [5.41, 5.74) is 0. The fraction of sp³-hybridized carbons (Fsp3) is 1.00. The van der Waals surface area contributed by atoms with Gasteiger partial charge in [0.15, 0.2) is 0 Å². The van der Waals surface area contributed by atoms with Crippen LogP contribution in [0.15, 0.2) is 0 Å². The molecule has 1 aliphatic rings. The lowest BCUT2D eigenvalue weighted by atomic mass is 10.2. The Labute approximate surface area is 82.1 Å². The molecule has 3 nitrogen and oxygen atoms in total. The van der Waals surface area contributed by atoms with E-state index in [2.05, 4.69) is 43.2 Å². The van der Waals surface area contributed by atoms with Gasteiger partial charge in [0.2, 0.25) is 0 Å². The van der Waals surface area contributed by atoms with E-state index in [1.165, 1.54) is 19.5 Å². The first-order valence-electron chi connectivity index (χ1n) is 5.17. The Morgan fingerprint density at radius 1 is 1.54 bits per heavy atom. The zero-order chi connectivity index (χ0) is 9.84. The van der Waals surface area contributed by atoms with Gasteiger partial charge < -0.3 is 15.1 Å². The first-order valence-corrected chi connectivity index (χ1v) is 5.17. The summed E-state index contributed by atoms with van der Waals surface area (Å²) in [6.07, 6.45) is 1.30. The minimum Gasteiger partial charge on any atom is -0.309 e. The minimum absolute atomic E-state index is 0.603. The summed E-state index contributed by atoms with van der Waals surface area (Å²) in [5, 5.41) is 3.66. The van der Waals surface area contributed by atoms with Gasteiger partial charge in [0.1, 0.15) is 0 Å². The zero-order valence-electron chi connectivity index (χ0n) is 9.38. The highest BCUT2D eigenvalue weighted by Crippen LogP contribution is 2.06. The summed E-state index contributed by atoms with van der Waals surface area (Å²) in [7, 11) is 6.44. The van der Waals surface area contributed by atoms with Gasteiger partial charge >= 0.3 is 0 Å². The molecule has 1 aliphatic heterocycles. The average Bonchev–Trinajstić information content (AvgIpc) is 2.33. The van der Waals surface area contributed by atoms with E-state index in [0.29, 0.717) is 12.1 Å². The van der Waals surface area contributed by atoms with Crippen molar-refractivity contribution in [1.29, 1.82) is 0 Å². The first-order chi connectivity index (χ1) is 6.08. The molecule has 0 saturated carbocycles. The molecule has 3 heteroatoms. The van der Waals surface area contributed by atoms with Gasteiger partial charge in [0, 0.05) is 25.2 Å². The second-order valence-electron chi connectivity index (χ2n) is 4.58. The third-order valence-corrected chi connectivity index (χ3v) is 2.55. The van der Waals surface area contributed by atoms with Crippen LogP contribution in [0.1, 0.15) is 13.3 Å². The molecule has 78 valence electrons. The lowest BCUT2D eigenvalue weighted by molar-refractivity contribution is 0.323. The molecule has 0 amide bonds. The van der Waals surface area contributed by atoms with Crippen molar-refractivity contribution in [3.8, 4) is 0 Å². The van der Waals surface area contributed by atoms with Crippen molar-refractivity contribution in [2.24, 2.45) is 0 Å². The Morgan fingerprint density at radius 2 is 2.23 bits per heavy atom. The van der Waals surface area contributed by atoms with Crippen molar-refractivity contribution < 1.29 is 0 Å². The molecule has 0 aliphatic carbocycles. The lowest BCUT2D eigenvalue weighted by Crippen LogP contribution is -2.43. The molecule has 0 aromatic rings. The Hall–Kier alpha value is -0.120. The van der Waals surface area contributed by atoms with Crippen LogP contribution in [0.2, 0.25) is 0 Å². The highest BCUT2D eigenvalue weighted by atomic mass is 15.2. The van der Waals surface area contributed by atoms with Gasteiger partial charge in [-0.3, -0.25) is 0 Å². The van der Waals surface area contributed by atoms with E-state index >= 15 is 0 Å². The van der Waals surface area contributed by atoms with E-state index in [-0.39, 0.29) is 0 Å². The van der Waals surface area contributed by atoms with E-state index in [9.17, 15) is 0 Å². The first kappa shape index (κ1) is 11.0. The standard InChI is InChI=1S/C10H23N3/c1-9(7-12(2)3)11-10-5-6-13(4)8-10/h9-11H,5-8H2,1-4H3. The molecule has 1 saturated heterocycles. The van der Waals surface area contributed by atoms with E-state index in [0.717, 1.165) is 6.54 Å².